The Kier molecular flexibility index (Phi) is 5.61. The molecule has 3 aliphatic rings. The fraction of sp³-hybridized carbons (Fsp3) is 0.458. The topological polar surface area (TPSA) is 80.1 Å². The van der Waals surface area contributed by atoms with E-state index in [4.69, 9.17) is 4.98 Å². The highest BCUT2D eigenvalue weighted by Gasteiger charge is 2.29. The van der Waals surface area contributed by atoms with E-state index in [0.717, 1.165) is 54.3 Å². The zero-order chi connectivity index (χ0) is 21.4. The highest BCUT2D eigenvalue weighted by atomic mass is 32.2. The Morgan fingerprint density at radius 1 is 1.10 bits per heavy atom. The van der Waals surface area contributed by atoms with Crippen LogP contribution in [-0.2, 0) is 11.2 Å². The summed E-state index contributed by atoms with van der Waals surface area (Å²) in [6.07, 6.45) is 7.03. The van der Waals surface area contributed by atoms with Gasteiger partial charge in [-0.2, -0.15) is 9.97 Å². The molecule has 0 atom stereocenters. The second-order valence-electron chi connectivity index (χ2n) is 8.94. The number of carbonyl (C=O) groups is 1. The number of nitrogens with one attached hydrogen (secondary N) is 1. The molecule has 31 heavy (non-hydrogen) atoms. The minimum atomic E-state index is 0.307. The molecule has 6 nitrogen and oxygen atoms in total. The van der Waals surface area contributed by atoms with Crippen molar-refractivity contribution in [1.82, 2.24) is 15.0 Å². The second-order valence-corrected chi connectivity index (χ2v) is 9.98. The van der Waals surface area contributed by atoms with Crippen molar-refractivity contribution in [3.8, 4) is 0 Å². The number of aliphatic imine (C=N–C) groups is 1. The van der Waals surface area contributed by atoms with Gasteiger partial charge in [0.05, 0.1) is 6.54 Å². The van der Waals surface area contributed by atoms with Gasteiger partial charge in [0.1, 0.15) is 17.4 Å². The van der Waals surface area contributed by atoms with Gasteiger partial charge in [0.2, 0.25) is 5.95 Å². The van der Waals surface area contributed by atoms with E-state index in [1.807, 2.05) is 24.3 Å². The fourth-order valence-corrected chi connectivity index (χ4v) is 4.27. The summed E-state index contributed by atoms with van der Waals surface area (Å²) in [5.41, 5.74) is 2.39. The molecule has 0 spiro atoms. The van der Waals surface area contributed by atoms with Crippen molar-refractivity contribution in [2.75, 3.05) is 11.9 Å². The van der Waals surface area contributed by atoms with Gasteiger partial charge in [-0.3, -0.25) is 9.79 Å². The molecule has 0 radical (unpaired) electrons. The minimum Gasteiger partial charge on any atom is -0.309 e. The lowest BCUT2D eigenvalue weighted by atomic mass is 10.0. The summed E-state index contributed by atoms with van der Waals surface area (Å²) in [7, 11) is 0. The van der Waals surface area contributed by atoms with E-state index in [1.54, 1.807) is 0 Å². The number of anilines is 1. The fourth-order valence-electron chi connectivity index (χ4n) is 3.51. The molecule has 1 aromatic heterocycles. The first-order valence-electron chi connectivity index (χ1n) is 11.1. The molecular weight excluding hydrogens is 406 g/mol. The summed E-state index contributed by atoms with van der Waals surface area (Å²) < 4.78 is 0. The molecule has 2 saturated carbocycles. The van der Waals surface area contributed by atoms with Crippen LogP contribution >= 0.6 is 11.8 Å². The van der Waals surface area contributed by atoms with Gasteiger partial charge in [-0.25, -0.2) is 4.98 Å². The van der Waals surface area contributed by atoms with E-state index in [-0.39, 0.29) is 0 Å². The van der Waals surface area contributed by atoms with Crippen LogP contribution in [0.1, 0.15) is 56.8 Å². The maximum Gasteiger partial charge on any atom is 0.232 e. The Morgan fingerprint density at radius 2 is 1.87 bits per heavy atom. The zero-order valence-corrected chi connectivity index (χ0v) is 18.8. The summed E-state index contributed by atoms with van der Waals surface area (Å²) in [5, 5.41) is 3.97. The maximum atomic E-state index is 12.0. The summed E-state index contributed by atoms with van der Waals surface area (Å²) in [6.45, 7) is 5.10. The molecule has 2 fully saturated rings. The molecular formula is C24H27N5OS. The summed E-state index contributed by atoms with van der Waals surface area (Å²) in [4.78, 5) is 31.7. The number of hydrogen-bond donors (Lipinski definition) is 1. The van der Waals surface area contributed by atoms with Crippen LogP contribution in [0.2, 0.25) is 0 Å². The van der Waals surface area contributed by atoms with E-state index in [1.165, 1.54) is 17.3 Å². The smallest absolute Gasteiger partial charge is 0.232 e. The second kappa shape index (κ2) is 8.54. The maximum absolute atomic E-state index is 12.0. The average molecular weight is 434 g/mol. The van der Waals surface area contributed by atoms with Crippen molar-refractivity contribution >= 4 is 29.3 Å². The number of carbonyl (C=O) groups excluding carboxylic acids is 1. The molecule has 1 N–H and O–H groups in total. The van der Waals surface area contributed by atoms with E-state index in [9.17, 15) is 4.79 Å². The van der Waals surface area contributed by atoms with Crippen LogP contribution in [0, 0.1) is 11.8 Å². The van der Waals surface area contributed by atoms with Gasteiger partial charge >= 0.3 is 0 Å². The number of benzene rings is 1. The Balaban J connectivity index is 1.30. The van der Waals surface area contributed by atoms with E-state index in [2.05, 4.69) is 40.2 Å². The van der Waals surface area contributed by atoms with Crippen molar-refractivity contribution in [3.63, 3.8) is 0 Å². The van der Waals surface area contributed by atoms with Crippen LogP contribution in [-0.4, -0.2) is 33.1 Å². The predicted molar refractivity (Wildman–Crippen MR) is 123 cm³/mol. The Bertz CT molecular complexity index is 1050. The summed E-state index contributed by atoms with van der Waals surface area (Å²) >= 11 is 1.53. The van der Waals surface area contributed by atoms with Crippen molar-refractivity contribution in [3.05, 3.63) is 47.3 Å². The minimum absolute atomic E-state index is 0.307. The first kappa shape index (κ1) is 20.4. The van der Waals surface area contributed by atoms with Gasteiger partial charge in [-0.1, -0.05) is 26.0 Å². The molecule has 1 aromatic carbocycles. The molecule has 0 bridgehead atoms. The first-order valence-corrected chi connectivity index (χ1v) is 11.9. The van der Waals surface area contributed by atoms with Crippen LogP contribution in [0.25, 0.3) is 0 Å². The largest absolute Gasteiger partial charge is 0.309 e. The van der Waals surface area contributed by atoms with E-state index in [0.29, 0.717) is 41.1 Å². The van der Waals surface area contributed by atoms with Gasteiger partial charge < -0.3 is 5.32 Å². The van der Waals surface area contributed by atoms with Gasteiger partial charge in [0, 0.05) is 23.2 Å². The lowest BCUT2D eigenvalue weighted by molar-refractivity contribution is -0.119. The third-order valence-electron chi connectivity index (χ3n) is 5.85. The van der Waals surface area contributed by atoms with Gasteiger partial charge in [-0.05, 0) is 72.7 Å². The first-order chi connectivity index (χ1) is 15.0. The SMILES string of the molecule is CC(C)C1=CC(Nc2nc(Sc3ccc(CC(=O)C4CC4)cc3)nc(C3CC3)n2)=NC1. The van der Waals surface area contributed by atoms with Crippen molar-refractivity contribution in [2.24, 2.45) is 16.8 Å². The normalized spacial score (nSPS) is 18.2. The zero-order valence-electron chi connectivity index (χ0n) is 18.0. The molecule has 0 saturated heterocycles. The lowest BCUT2D eigenvalue weighted by Gasteiger charge is -2.08. The molecule has 2 heterocycles. The Hall–Kier alpha value is -2.54. The van der Waals surface area contributed by atoms with Crippen LogP contribution in [0.4, 0.5) is 5.95 Å². The monoisotopic (exact) mass is 433 g/mol. The number of Topliss-reactive ketones (excluding diaryl/α,β-unsaturated/α-hetero) is 1. The standard InChI is InChI=1S/C24H27N5OS/c1-14(2)18-12-21(25-13-18)26-23-27-22(17-7-8-17)28-24(29-23)31-19-9-3-15(4-10-19)11-20(30)16-5-6-16/h3-4,9-10,12,14,16-17H,5-8,11,13H2,1-2H3,(H,25,26,27,28,29). The van der Waals surface area contributed by atoms with Crippen molar-refractivity contribution in [2.45, 2.75) is 61.9 Å². The highest BCUT2D eigenvalue weighted by Crippen LogP contribution is 2.39. The number of nitrogens with zero attached hydrogens (tertiary/aromatic N) is 4. The van der Waals surface area contributed by atoms with Crippen LogP contribution in [0.15, 0.2) is 51.0 Å². The van der Waals surface area contributed by atoms with Gasteiger partial charge in [0.25, 0.3) is 0 Å². The summed E-state index contributed by atoms with van der Waals surface area (Å²) in [5.74, 6) is 3.83. The Morgan fingerprint density at radius 3 is 2.52 bits per heavy atom. The van der Waals surface area contributed by atoms with Gasteiger partial charge in [-0.15, -0.1) is 0 Å². The molecule has 160 valence electrons. The molecule has 0 amide bonds. The number of hydrogen-bond acceptors (Lipinski definition) is 7. The predicted octanol–water partition coefficient (Wildman–Crippen LogP) is 4.83. The number of aromatic nitrogens is 3. The third kappa shape index (κ3) is 5.21. The molecule has 1 aliphatic heterocycles. The molecule has 2 aliphatic carbocycles. The third-order valence-corrected chi connectivity index (χ3v) is 6.73. The number of rotatable bonds is 8. The molecule has 0 unspecified atom stereocenters. The quantitative estimate of drug-likeness (QED) is 0.642. The summed E-state index contributed by atoms with van der Waals surface area (Å²) in [6, 6.07) is 8.17. The van der Waals surface area contributed by atoms with Crippen LogP contribution < -0.4 is 5.32 Å². The highest BCUT2D eigenvalue weighted by molar-refractivity contribution is 7.99. The van der Waals surface area contributed by atoms with E-state index >= 15 is 0 Å². The van der Waals surface area contributed by atoms with Crippen molar-refractivity contribution < 1.29 is 4.79 Å². The number of ketones is 1. The van der Waals surface area contributed by atoms with Crippen molar-refractivity contribution in [1.29, 1.82) is 0 Å². The Labute approximate surface area is 187 Å². The number of amidine groups is 1. The van der Waals surface area contributed by atoms with Gasteiger partial charge in [0.15, 0.2) is 5.16 Å². The van der Waals surface area contributed by atoms with Crippen LogP contribution in [0.5, 0.6) is 0 Å². The average Bonchev–Trinajstić information content (AvgIpc) is 3.66. The molecule has 7 heteroatoms. The lowest BCUT2D eigenvalue weighted by Crippen LogP contribution is -2.12. The van der Waals surface area contributed by atoms with E-state index < -0.39 is 0 Å². The molecule has 2 aromatic rings. The molecule has 5 rings (SSSR count). The van der Waals surface area contributed by atoms with Crippen LogP contribution in [0.3, 0.4) is 0 Å².